The highest BCUT2D eigenvalue weighted by atomic mass is 16.4. The molecular weight excluding hydrogens is 564 g/mol. The van der Waals surface area contributed by atoms with Crippen LogP contribution in [-0.2, 0) is 28.7 Å². The standard InChI is InChI=1S/C37H58N4O4/c1-10-11-14-38-20-26-16-30(35(2,3)4)18-28(33(26)44)22-40-24-37(8,9)25-41-23-29-19-31(36(5,6)7)17-27(34(29)45)21-39-15-12-13-32(42)43/h16-21,40-41,44-45H,10-15,22-25H2,1-9H3,(H,42,43). The van der Waals surface area contributed by atoms with Gasteiger partial charge in [-0.15, -0.1) is 0 Å². The predicted octanol–water partition coefficient (Wildman–Crippen LogP) is 7.10. The molecule has 0 aliphatic heterocycles. The van der Waals surface area contributed by atoms with Crippen molar-refractivity contribution in [1.29, 1.82) is 0 Å². The van der Waals surface area contributed by atoms with Crippen LogP contribution in [0.25, 0.3) is 0 Å². The Balaban J connectivity index is 2.09. The Bertz CT molecular complexity index is 1320. The average Bonchev–Trinajstić information content (AvgIpc) is 2.92. The summed E-state index contributed by atoms with van der Waals surface area (Å²) in [6.45, 7) is 23.1. The summed E-state index contributed by atoms with van der Waals surface area (Å²) in [5.41, 5.74) is 5.05. The maximum absolute atomic E-state index is 11.1. The number of benzene rings is 2. The number of hydrogen-bond donors (Lipinski definition) is 5. The molecule has 0 spiro atoms. The smallest absolute Gasteiger partial charge is 0.303 e. The summed E-state index contributed by atoms with van der Waals surface area (Å²) < 4.78 is 0. The highest BCUT2D eigenvalue weighted by Crippen LogP contribution is 2.32. The third-order valence-corrected chi connectivity index (χ3v) is 7.79. The van der Waals surface area contributed by atoms with Crippen LogP contribution in [0.15, 0.2) is 34.3 Å². The number of rotatable bonds is 17. The van der Waals surface area contributed by atoms with Crippen LogP contribution in [0.4, 0.5) is 0 Å². The lowest BCUT2D eigenvalue weighted by Crippen LogP contribution is -2.37. The summed E-state index contributed by atoms with van der Waals surface area (Å²) >= 11 is 0. The summed E-state index contributed by atoms with van der Waals surface area (Å²) in [5.74, 6) is -0.363. The van der Waals surface area contributed by atoms with Crippen molar-refractivity contribution in [2.45, 2.75) is 112 Å². The first-order valence-electron chi connectivity index (χ1n) is 16.3. The highest BCUT2D eigenvalue weighted by Gasteiger charge is 2.22. The molecule has 0 amide bonds. The zero-order valence-corrected chi connectivity index (χ0v) is 29.2. The molecule has 0 fully saturated rings. The van der Waals surface area contributed by atoms with Crippen molar-refractivity contribution >= 4 is 18.4 Å². The van der Waals surface area contributed by atoms with Gasteiger partial charge in [0.2, 0.25) is 0 Å². The van der Waals surface area contributed by atoms with Crippen LogP contribution >= 0.6 is 0 Å². The van der Waals surface area contributed by atoms with Crippen molar-refractivity contribution in [2.75, 3.05) is 26.2 Å². The molecule has 0 unspecified atom stereocenters. The van der Waals surface area contributed by atoms with Crippen molar-refractivity contribution in [3.05, 3.63) is 57.6 Å². The second-order valence-electron chi connectivity index (χ2n) is 14.9. The van der Waals surface area contributed by atoms with E-state index in [1.165, 1.54) is 0 Å². The zero-order valence-electron chi connectivity index (χ0n) is 29.2. The van der Waals surface area contributed by atoms with Crippen LogP contribution in [-0.4, -0.2) is 59.9 Å². The normalized spacial score (nSPS) is 12.9. The number of carboxylic acids is 1. The fraction of sp³-hybridized carbons (Fsp3) is 0.595. The zero-order chi connectivity index (χ0) is 33.8. The first-order chi connectivity index (χ1) is 20.9. The predicted molar refractivity (Wildman–Crippen MR) is 188 cm³/mol. The summed E-state index contributed by atoms with van der Waals surface area (Å²) in [6.07, 6.45) is 6.10. The van der Waals surface area contributed by atoms with E-state index in [1.54, 1.807) is 12.4 Å². The Kier molecular flexibility index (Phi) is 14.3. The lowest BCUT2D eigenvalue weighted by atomic mass is 9.84. The Morgan fingerprint density at radius 3 is 1.53 bits per heavy atom. The molecule has 5 N–H and O–H groups in total. The fourth-order valence-electron chi connectivity index (χ4n) is 4.80. The third-order valence-electron chi connectivity index (χ3n) is 7.79. The number of phenols is 2. The molecule has 0 radical (unpaired) electrons. The summed E-state index contributed by atoms with van der Waals surface area (Å²) in [5, 5.41) is 38.1. The number of aromatic hydroxyl groups is 2. The number of aliphatic carboxylic acids is 1. The molecule has 0 bridgehead atoms. The van der Waals surface area contributed by atoms with Gasteiger partial charge in [0, 0.05) is 80.4 Å². The molecule has 0 heterocycles. The third kappa shape index (κ3) is 13.0. The molecule has 8 nitrogen and oxygen atoms in total. The van der Waals surface area contributed by atoms with E-state index in [4.69, 9.17) is 5.11 Å². The molecule has 2 aromatic carbocycles. The van der Waals surface area contributed by atoms with E-state index in [1.807, 2.05) is 18.2 Å². The Labute approximate surface area is 271 Å². The van der Waals surface area contributed by atoms with E-state index in [0.29, 0.717) is 38.2 Å². The van der Waals surface area contributed by atoms with E-state index in [0.717, 1.165) is 53.7 Å². The lowest BCUT2D eigenvalue weighted by molar-refractivity contribution is -0.137. The van der Waals surface area contributed by atoms with Crippen LogP contribution in [0.2, 0.25) is 0 Å². The number of hydrogen-bond acceptors (Lipinski definition) is 7. The molecule has 8 heteroatoms. The van der Waals surface area contributed by atoms with E-state index in [9.17, 15) is 15.0 Å². The molecule has 2 rings (SSSR count). The monoisotopic (exact) mass is 622 g/mol. The number of nitrogens with one attached hydrogen (secondary N) is 2. The topological polar surface area (TPSA) is 127 Å². The van der Waals surface area contributed by atoms with Gasteiger partial charge in [-0.1, -0.05) is 80.9 Å². The molecule has 2 aromatic rings. The minimum Gasteiger partial charge on any atom is -0.507 e. The van der Waals surface area contributed by atoms with Crippen LogP contribution in [0.3, 0.4) is 0 Å². The number of aliphatic imine (C=N–C) groups is 2. The SMILES string of the molecule is CCCCN=Cc1cc(C(C)(C)C)cc(CNCC(C)(C)CNCc2cc(C(C)(C)C)cc(C=NCCCC(=O)O)c2O)c1O. The highest BCUT2D eigenvalue weighted by molar-refractivity contribution is 5.85. The summed E-state index contributed by atoms with van der Waals surface area (Å²) in [6, 6.07) is 8.14. The molecule has 0 aliphatic rings. The van der Waals surface area contributed by atoms with Crippen LogP contribution in [0, 0.1) is 5.41 Å². The van der Waals surface area contributed by atoms with E-state index in [-0.39, 0.29) is 34.2 Å². The van der Waals surface area contributed by atoms with Crippen molar-refractivity contribution in [2.24, 2.45) is 15.4 Å². The number of carbonyl (C=O) groups is 1. The second-order valence-corrected chi connectivity index (χ2v) is 14.9. The second kappa shape index (κ2) is 16.9. The van der Waals surface area contributed by atoms with Crippen LogP contribution < -0.4 is 10.6 Å². The van der Waals surface area contributed by atoms with Gasteiger partial charge in [-0.25, -0.2) is 0 Å². The quantitative estimate of drug-likeness (QED) is 0.0946. The van der Waals surface area contributed by atoms with Crippen LogP contribution in [0.1, 0.15) is 121 Å². The molecule has 0 aromatic heterocycles. The van der Waals surface area contributed by atoms with Gasteiger partial charge < -0.3 is 26.0 Å². The van der Waals surface area contributed by atoms with Gasteiger partial charge in [0.05, 0.1) is 0 Å². The summed E-state index contributed by atoms with van der Waals surface area (Å²) in [7, 11) is 0. The van der Waals surface area contributed by atoms with Crippen molar-refractivity contribution in [1.82, 2.24) is 10.6 Å². The minimum atomic E-state index is -0.834. The number of nitrogens with zero attached hydrogens (tertiary/aromatic N) is 2. The molecule has 0 saturated carbocycles. The largest absolute Gasteiger partial charge is 0.507 e. The number of phenolic OH excluding ortho intramolecular Hbond substituents is 2. The van der Waals surface area contributed by atoms with Gasteiger partial charge in [-0.2, -0.15) is 0 Å². The average molecular weight is 623 g/mol. The van der Waals surface area contributed by atoms with E-state index < -0.39 is 5.97 Å². The van der Waals surface area contributed by atoms with Gasteiger partial charge in [-0.3, -0.25) is 14.8 Å². The molecule has 0 atom stereocenters. The van der Waals surface area contributed by atoms with Gasteiger partial charge in [-0.05, 0) is 52.3 Å². The first-order valence-corrected chi connectivity index (χ1v) is 16.3. The van der Waals surface area contributed by atoms with Gasteiger partial charge in [0.1, 0.15) is 11.5 Å². The van der Waals surface area contributed by atoms with Gasteiger partial charge in [0.25, 0.3) is 0 Å². The van der Waals surface area contributed by atoms with Crippen LogP contribution in [0.5, 0.6) is 11.5 Å². The van der Waals surface area contributed by atoms with Gasteiger partial charge >= 0.3 is 5.97 Å². The molecule has 0 saturated heterocycles. The Morgan fingerprint density at radius 2 is 1.16 bits per heavy atom. The lowest BCUT2D eigenvalue weighted by Gasteiger charge is -2.27. The Hall–Kier alpha value is -3.23. The minimum absolute atomic E-state index is 0.0560. The van der Waals surface area contributed by atoms with Crippen molar-refractivity contribution in [3.63, 3.8) is 0 Å². The van der Waals surface area contributed by atoms with E-state index in [2.05, 4.69) is 89.0 Å². The molecule has 0 aliphatic carbocycles. The molecular formula is C37H58N4O4. The maximum atomic E-state index is 11.1. The number of carboxylic acid groups (broad SMARTS) is 1. The molecule has 45 heavy (non-hydrogen) atoms. The first kappa shape index (κ1) is 38.0. The molecule has 250 valence electrons. The van der Waals surface area contributed by atoms with Crippen molar-refractivity contribution in [3.8, 4) is 11.5 Å². The fourth-order valence-corrected chi connectivity index (χ4v) is 4.80. The maximum Gasteiger partial charge on any atom is 0.303 e. The van der Waals surface area contributed by atoms with Gasteiger partial charge in [0.15, 0.2) is 0 Å². The summed E-state index contributed by atoms with van der Waals surface area (Å²) in [4.78, 5) is 19.7. The Morgan fingerprint density at radius 1 is 0.733 bits per heavy atom. The van der Waals surface area contributed by atoms with Crippen molar-refractivity contribution < 1.29 is 20.1 Å². The number of unbranched alkanes of at least 4 members (excludes halogenated alkanes) is 1. The van der Waals surface area contributed by atoms with E-state index >= 15 is 0 Å².